The average Bonchev–Trinajstić information content (AvgIpc) is 2.59. The van der Waals surface area contributed by atoms with Crippen molar-refractivity contribution in [2.24, 2.45) is 0 Å². The highest BCUT2D eigenvalue weighted by atomic mass is 79.9. The van der Waals surface area contributed by atoms with Gasteiger partial charge in [-0.15, -0.1) is 0 Å². The van der Waals surface area contributed by atoms with E-state index in [2.05, 4.69) is 35.1 Å². The van der Waals surface area contributed by atoms with Crippen LogP contribution in [0.3, 0.4) is 0 Å². The largest absolute Gasteiger partial charge is 0.452 e. The summed E-state index contributed by atoms with van der Waals surface area (Å²) in [4.78, 5) is 23.7. The zero-order chi connectivity index (χ0) is 17.5. The van der Waals surface area contributed by atoms with Crippen molar-refractivity contribution < 1.29 is 14.3 Å². The molecule has 24 heavy (non-hydrogen) atoms. The first-order valence-electron chi connectivity index (χ1n) is 7.74. The van der Waals surface area contributed by atoms with Crippen LogP contribution in [0.2, 0.25) is 0 Å². The monoisotopic (exact) mass is 389 g/mol. The van der Waals surface area contributed by atoms with Crippen LogP contribution in [-0.4, -0.2) is 18.5 Å². The van der Waals surface area contributed by atoms with Gasteiger partial charge in [0.1, 0.15) is 0 Å². The Bertz CT molecular complexity index is 694. The SMILES string of the molecule is CC(C)c1ccc(C(=O)OCC(=O)NCc2ccc(Br)cc2)cc1. The number of carbonyl (C=O) groups is 2. The number of rotatable bonds is 6. The molecule has 0 spiro atoms. The van der Waals surface area contributed by atoms with Crippen molar-refractivity contribution in [1.29, 1.82) is 0 Å². The van der Waals surface area contributed by atoms with Crippen LogP contribution in [0, 0.1) is 0 Å². The first-order valence-corrected chi connectivity index (χ1v) is 8.53. The number of carbonyl (C=O) groups excluding carboxylic acids is 2. The van der Waals surface area contributed by atoms with Crippen LogP contribution in [0.1, 0.15) is 41.3 Å². The lowest BCUT2D eigenvalue weighted by molar-refractivity contribution is -0.124. The molecule has 0 saturated heterocycles. The molecule has 4 nitrogen and oxygen atoms in total. The molecule has 0 fully saturated rings. The van der Waals surface area contributed by atoms with Crippen molar-refractivity contribution in [2.45, 2.75) is 26.3 Å². The van der Waals surface area contributed by atoms with E-state index in [1.165, 1.54) is 0 Å². The molecule has 0 aromatic heterocycles. The van der Waals surface area contributed by atoms with Crippen molar-refractivity contribution >= 4 is 27.8 Å². The Kier molecular flexibility index (Phi) is 6.55. The standard InChI is InChI=1S/C19H20BrNO3/c1-13(2)15-5-7-16(8-6-15)19(23)24-12-18(22)21-11-14-3-9-17(20)10-4-14/h3-10,13H,11-12H2,1-2H3,(H,21,22). The number of esters is 1. The van der Waals surface area contributed by atoms with E-state index in [0.717, 1.165) is 15.6 Å². The lowest BCUT2D eigenvalue weighted by Crippen LogP contribution is -2.28. The summed E-state index contributed by atoms with van der Waals surface area (Å²) in [6.45, 7) is 4.28. The van der Waals surface area contributed by atoms with E-state index in [1.807, 2.05) is 36.4 Å². The summed E-state index contributed by atoms with van der Waals surface area (Å²) < 4.78 is 6.02. The lowest BCUT2D eigenvalue weighted by Gasteiger charge is -2.08. The number of nitrogens with one attached hydrogen (secondary N) is 1. The third-order valence-corrected chi connectivity index (χ3v) is 4.08. The summed E-state index contributed by atoms with van der Waals surface area (Å²) in [6, 6.07) is 14.9. The molecular weight excluding hydrogens is 370 g/mol. The molecule has 0 aliphatic heterocycles. The Morgan fingerprint density at radius 3 is 2.25 bits per heavy atom. The van der Waals surface area contributed by atoms with Crippen LogP contribution in [-0.2, 0) is 16.1 Å². The maximum Gasteiger partial charge on any atom is 0.338 e. The van der Waals surface area contributed by atoms with Gasteiger partial charge in [0.25, 0.3) is 5.91 Å². The highest BCUT2D eigenvalue weighted by Gasteiger charge is 2.10. The predicted molar refractivity (Wildman–Crippen MR) is 96.8 cm³/mol. The van der Waals surface area contributed by atoms with Crippen molar-refractivity contribution in [3.05, 3.63) is 69.7 Å². The number of amides is 1. The molecule has 0 saturated carbocycles. The van der Waals surface area contributed by atoms with Crippen LogP contribution in [0.25, 0.3) is 0 Å². The highest BCUT2D eigenvalue weighted by Crippen LogP contribution is 2.15. The minimum Gasteiger partial charge on any atom is -0.452 e. The summed E-state index contributed by atoms with van der Waals surface area (Å²) in [5, 5.41) is 2.72. The Hall–Kier alpha value is -2.14. The van der Waals surface area contributed by atoms with Crippen molar-refractivity contribution in [1.82, 2.24) is 5.32 Å². The molecule has 126 valence electrons. The zero-order valence-corrected chi connectivity index (χ0v) is 15.3. The Morgan fingerprint density at radius 1 is 1.04 bits per heavy atom. The Labute approximate surface area is 150 Å². The second kappa shape index (κ2) is 8.64. The van der Waals surface area contributed by atoms with Gasteiger partial charge in [-0.2, -0.15) is 0 Å². The minimum atomic E-state index is -0.496. The first kappa shape index (κ1) is 18.2. The van der Waals surface area contributed by atoms with E-state index >= 15 is 0 Å². The van der Waals surface area contributed by atoms with Gasteiger partial charge < -0.3 is 10.1 Å². The van der Waals surface area contributed by atoms with Gasteiger partial charge in [-0.25, -0.2) is 4.79 Å². The maximum atomic E-state index is 11.9. The van der Waals surface area contributed by atoms with Gasteiger partial charge in [-0.3, -0.25) is 4.79 Å². The molecule has 1 amide bonds. The van der Waals surface area contributed by atoms with Gasteiger partial charge in [-0.1, -0.05) is 54.0 Å². The van der Waals surface area contributed by atoms with E-state index in [1.54, 1.807) is 12.1 Å². The number of halogens is 1. The number of hydrogen-bond donors (Lipinski definition) is 1. The molecule has 2 rings (SSSR count). The summed E-state index contributed by atoms with van der Waals surface area (Å²) in [6.07, 6.45) is 0. The van der Waals surface area contributed by atoms with Crippen molar-refractivity contribution in [3.8, 4) is 0 Å². The number of hydrogen-bond acceptors (Lipinski definition) is 3. The fourth-order valence-corrected chi connectivity index (χ4v) is 2.34. The van der Waals surface area contributed by atoms with E-state index in [-0.39, 0.29) is 12.5 Å². The van der Waals surface area contributed by atoms with Crippen LogP contribution in [0.5, 0.6) is 0 Å². The van der Waals surface area contributed by atoms with E-state index in [0.29, 0.717) is 18.0 Å². The number of ether oxygens (including phenoxy) is 1. The molecule has 0 aliphatic rings. The van der Waals surface area contributed by atoms with Gasteiger partial charge in [0, 0.05) is 11.0 Å². The van der Waals surface area contributed by atoms with Crippen molar-refractivity contribution in [3.63, 3.8) is 0 Å². The zero-order valence-electron chi connectivity index (χ0n) is 13.7. The second-order valence-electron chi connectivity index (χ2n) is 5.76. The van der Waals surface area contributed by atoms with Crippen LogP contribution in [0.4, 0.5) is 0 Å². The summed E-state index contributed by atoms with van der Waals surface area (Å²) in [5.74, 6) is -0.423. The van der Waals surface area contributed by atoms with Crippen molar-refractivity contribution in [2.75, 3.05) is 6.61 Å². The summed E-state index contributed by atoms with van der Waals surface area (Å²) in [7, 11) is 0. The van der Waals surface area contributed by atoms with Gasteiger partial charge in [0.05, 0.1) is 5.56 Å². The Morgan fingerprint density at radius 2 is 1.67 bits per heavy atom. The summed E-state index contributed by atoms with van der Waals surface area (Å²) >= 11 is 3.36. The predicted octanol–water partition coefficient (Wildman–Crippen LogP) is 4.05. The minimum absolute atomic E-state index is 0.290. The van der Waals surface area contributed by atoms with Gasteiger partial charge >= 0.3 is 5.97 Å². The highest BCUT2D eigenvalue weighted by molar-refractivity contribution is 9.10. The molecular formula is C19H20BrNO3. The normalized spacial score (nSPS) is 10.5. The molecule has 0 bridgehead atoms. The van der Waals surface area contributed by atoms with E-state index < -0.39 is 5.97 Å². The van der Waals surface area contributed by atoms with Crippen LogP contribution in [0.15, 0.2) is 53.0 Å². The third-order valence-electron chi connectivity index (χ3n) is 3.55. The molecule has 2 aromatic rings. The molecule has 1 N–H and O–H groups in total. The van der Waals surface area contributed by atoms with Gasteiger partial charge in [-0.05, 0) is 41.3 Å². The molecule has 0 aliphatic carbocycles. The quantitative estimate of drug-likeness (QED) is 0.758. The average molecular weight is 390 g/mol. The first-order chi connectivity index (χ1) is 11.5. The Balaban J connectivity index is 1.78. The topological polar surface area (TPSA) is 55.4 Å². The molecule has 0 heterocycles. The molecule has 0 unspecified atom stereocenters. The van der Waals surface area contributed by atoms with Crippen LogP contribution >= 0.6 is 15.9 Å². The summed E-state index contributed by atoms with van der Waals surface area (Å²) in [5.41, 5.74) is 2.57. The van der Waals surface area contributed by atoms with E-state index in [9.17, 15) is 9.59 Å². The molecule has 5 heteroatoms. The smallest absolute Gasteiger partial charge is 0.338 e. The van der Waals surface area contributed by atoms with Gasteiger partial charge in [0.2, 0.25) is 0 Å². The van der Waals surface area contributed by atoms with Gasteiger partial charge in [0.15, 0.2) is 6.61 Å². The molecule has 0 atom stereocenters. The second-order valence-corrected chi connectivity index (χ2v) is 6.67. The number of benzene rings is 2. The fraction of sp³-hybridized carbons (Fsp3) is 0.263. The molecule has 2 aromatic carbocycles. The van der Waals surface area contributed by atoms with Crippen LogP contribution < -0.4 is 5.32 Å². The third kappa shape index (κ3) is 5.49. The van der Waals surface area contributed by atoms with E-state index in [4.69, 9.17) is 4.74 Å². The molecule has 0 radical (unpaired) electrons. The lowest BCUT2D eigenvalue weighted by atomic mass is 10.0. The maximum absolute atomic E-state index is 11.9. The fourth-order valence-electron chi connectivity index (χ4n) is 2.07.